The van der Waals surface area contributed by atoms with Gasteiger partial charge in [0.25, 0.3) is 0 Å². The molecule has 6 nitrogen and oxygen atoms in total. The first-order chi connectivity index (χ1) is 8.70. The fourth-order valence-corrected chi connectivity index (χ4v) is 1.44. The van der Waals surface area contributed by atoms with Crippen LogP contribution in [0.2, 0.25) is 0 Å². The van der Waals surface area contributed by atoms with Crippen molar-refractivity contribution in [3.8, 4) is 0 Å². The van der Waals surface area contributed by atoms with Crippen molar-refractivity contribution in [1.82, 2.24) is 14.7 Å². The predicted molar refractivity (Wildman–Crippen MR) is 81.7 cm³/mol. The number of aliphatic hydroxyl groups is 1. The minimum absolute atomic E-state index is 0.0215. The molecule has 0 spiro atoms. The lowest BCUT2D eigenvalue weighted by atomic mass is 10.3. The summed E-state index contributed by atoms with van der Waals surface area (Å²) in [6.07, 6.45) is 0. The van der Waals surface area contributed by atoms with E-state index in [1.54, 1.807) is 0 Å². The van der Waals surface area contributed by atoms with Crippen molar-refractivity contribution >= 4 is 11.9 Å². The van der Waals surface area contributed by atoms with Gasteiger partial charge in [-0.3, -0.25) is 0 Å². The zero-order valence-corrected chi connectivity index (χ0v) is 13.5. The molecule has 0 aromatic heterocycles. The molecule has 19 heavy (non-hydrogen) atoms. The Hall–Kier alpha value is -1.30. The topological polar surface area (TPSA) is 54.7 Å². The maximum Gasteiger partial charge on any atom is 0.224 e. The number of aliphatic hydroxyl groups excluding tert-OH is 1. The Labute approximate surface area is 117 Å². The Balaban J connectivity index is 5.44. The third kappa shape index (κ3) is 5.92. The van der Waals surface area contributed by atoms with E-state index in [1.165, 1.54) is 0 Å². The van der Waals surface area contributed by atoms with Crippen LogP contribution >= 0.6 is 0 Å². The SMILES string of the molecule is CC(C)/N=C(\N=C(N(C)C)N(C)C)N(C)C(C)CO. The largest absolute Gasteiger partial charge is 0.394 e. The third-order valence-corrected chi connectivity index (χ3v) is 2.61. The molecule has 1 atom stereocenters. The Morgan fingerprint density at radius 2 is 1.47 bits per heavy atom. The molecule has 0 aromatic rings. The van der Waals surface area contributed by atoms with E-state index in [4.69, 9.17) is 0 Å². The van der Waals surface area contributed by atoms with Crippen LogP contribution in [0.3, 0.4) is 0 Å². The summed E-state index contributed by atoms with van der Waals surface area (Å²) in [5.41, 5.74) is 0. The van der Waals surface area contributed by atoms with Gasteiger partial charge in [-0.05, 0) is 20.8 Å². The van der Waals surface area contributed by atoms with Gasteiger partial charge < -0.3 is 19.8 Å². The Morgan fingerprint density at radius 1 is 1.00 bits per heavy atom. The number of aliphatic imine (C=N–C) groups is 2. The van der Waals surface area contributed by atoms with E-state index in [0.717, 1.165) is 5.96 Å². The number of nitrogens with zero attached hydrogens (tertiary/aromatic N) is 5. The molecule has 0 radical (unpaired) electrons. The number of likely N-dealkylation sites (N-methyl/N-ethyl adjacent to an activating group) is 1. The van der Waals surface area contributed by atoms with Crippen molar-refractivity contribution < 1.29 is 5.11 Å². The highest BCUT2D eigenvalue weighted by Gasteiger charge is 2.15. The number of guanidine groups is 2. The first-order valence-electron chi connectivity index (χ1n) is 6.55. The molecule has 0 rings (SSSR count). The zero-order chi connectivity index (χ0) is 15.2. The average molecular weight is 271 g/mol. The monoisotopic (exact) mass is 271 g/mol. The minimum atomic E-state index is -0.0215. The first kappa shape index (κ1) is 17.7. The van der Waals surface area contributed by atoms with Crippen LogP contribution in [0.25, 0.3) is 0 Å². The van der Waals surface area contributed by atoms with Gasteiger partial charge in [0.05, 0.1) is 12.6 Å². The summed E-state index contributed by atoms with van der Waals surface area (Å²) in [4.78, 5) is 14.9. The van der Waals surface area contributed by atoms with Crippen molar-refractivity contribution in [1.29, 1.82) is 0 Å². The lowest BCUT2D eigenvalue weighted by Gasteiger charge is -2.28. The van der Waals surface area contributed by atoms with E-state index >= 15 is 0 Å². The fourth-order valence-electron chi connectivity index (χ4n) is 1.44. The van der Waals surface area contributed by atoms with Crippen molar-refractivity contribution in [2.75, 3.05) is 41.8 Å². The molecule has 0 heterocycles. The number of hydrogen-bond acceptors (Lipinski definition) is 2. The van der Waals surface area contributed by atoms with Gasteiger partial charge in [-0.25, -0.2) is 4.99 Å². The van der Waals surface area contributed by atoms with Gasteiger partial charge in [0.15, 0.2) is 0 Å². The van der Waals surface area contributed by atoms with Crippen LogP contribution in [0.4, 0.5) is 0 Å². The Kier molecular flexibility index (Phi) is 7.44. The minimum Gasteiger partial charge on any atom is -0.394 e. The summed E-state index contributed by atoms with van der Waals surface area (Å²) >= 11 is 0. The van der Waals surface area contributed by atoms with E-state index in [-0.39, 0.29) is 18.7 Å². The molecule has 112 valence electrons. The van der Waals surface area contributed by atoms with Gasteiger partial charge in [-0.2, -0.15) is 4.99 Å². The molecule has 0 saturated carbocycles. The highest BCUT2D eigenvalue weighted by molar-refractivity contribution is 5.94. The van der Waals surface area contributed by atoms with Crippen LogP contribution in [0.1, 0.15) is 20.8 Å². The van der Waals surface area contributed by atoms with Crippen LogP contribution in [0.5, 0.6) is 0 Å². The van der Waals surface area contributed by atoms with Crippen molar-refractivity contribution in [2.24, 2.45) is 9.98 Å². The maximum absolute atomic E-state index is 9.27. The third-order valence-electron chi connectivity index (χ3n) is 2.61. The Morgan fingerprint density at radius 3 is 1.79 bits per heavy atom. The molecule has 1 unspecified atom stereocenters. The second-order valence-corrected chi connectivity index (χ2v) is 5.37. The van der Waals surface area contributed by atoms with Gasteiger partial charge in [0.1, 0.15) is 0 Å². The molecule has 1 N–H and O–H groups in total. The molecule has 0 amide bonds. The highest BCUT2D eigenvalue weighted by Crippen LogP contribution is 2.03. The summed E-state index contributed by atoms with van der Waals surface area (Å²) in [5.74, 6) is 1.45. The average Bonchev–Trinajstić information content (AvgIpc) is 2.30. The maximum atomic E-state index is 9.27. The number of hydrogen-bond donors (Lipinski definition) is 1. The van der Waals surface area contributed by atoms with Crippen molar-refractivity contribution in [2.45, 2.75) is 32.9 Å². The van der Waals surface area contributed by atoms with Gasteiger partial charge >= 0.3 is 0 Å². The summed E-state index contributed by atoms with van der Waals surface area (Å²) in [6.45, 7) is 6.04. The van der Waals surface area contributed by atoms with E-state index in [0.29, 0.717) is 5.96 Å². The van der Waals surface area contributed by atoms with E-state index < -0.39 is 0 Å². The summed E-state index contributed by atoms with van der Waals surface area (Å²) in [5, 5.41) is 9.27. The quantitative estimate of drug-likeness (QED) is 0.601. The molecule has 0 fully saturated rings. The molecule has 0 saturated heterocycles. The molecule has 0 aliphatic rings. The summed E-state index contributed by atoms with van der Waals surface area (Å²) in [7, 11) is 9.68. The van der Waals surface area contributed by atoms with Crippen LogP contribution in [0, 0.1) is 0 Å². The first-order valence-corrected chi connectivity index (χ1v) is 6.55. The molecule has 6 heteroatoms. The zero-order valence-electron chi connectivity index (χ0n) is 13.5. The second kappa shape index (κ2) is 7.99. The van der Waals surface area contributed by atoms with Crippen LogP contribution in [-0.4, -0.2) is 85.7 Å². The lowest BCUT2D eigenvalue weighted by Crippen LogP contribution is -2.41. The van der Waals surface area contributed by atoms with Crippen LogP contribution in [0.15, 0.2) is 9.98 Å². The molecule has 0 bridgehead atoms. The lowest BCUT2D eigenvalue weighted by molar-refractivity contribution is 0.207. The van der Waals surface area contributed by atoms with Gasteiger partial charge in [0.2, 0.25) is 11.9 Å². The molecule has 0 aromatic carbocycles. The van der Waals surface area contributed by atoms with E-state index in [1.807, 2.05) is 70.7 Å². The molecule has 0 aliphatic heterocycles. The van der Waals surface area contributed by atoms with Gasteiger partial charge in [-0.15, -0.1) is 0 Å². The normalized spacial score (nSPS) is 13.3. The Bertz CT molecular complexity index is 313. The number of rotatable bonds is 3. The molecular formula is C13H29N5O. The molecule has 0 aliphatic carbocycles. The standard InChI is InChI=1S/C13H29N5O/c1-10(2)14-12(18(8)11(3)9-19)15-13(16(4)5)17(6)7/h10-11,19H,9H2,1-8H3/b14-12+. The van der Waals surface area contributed by atoms with Gasteiger partial charge in [-0.1, -0.05) is 0 Å². The van der Waals surface area contributed by atoms with Crippen molar-refractivity contribution in [3.63, 3.8) is 0 Å². The highest BCUT2D eigenvalue weighted by atomic mass is 16.3. The summed E-state index contributed by atoms with van der Waals surface area (Å²) < 4.78 is 0. The molecular weight excluding hydrogens is 242 g/mol. The van der Waals surface area contributed by atoms with Crippen molar-refractivity contribution in [3.05, 3.63) is 0 Å². The van der Waals surface area contributed by atoms with Crippen LogP contribution < -0.4 is 0 Å². The smallest absolute Gasteiger partial charge is 0.224 e. The predicted octanol–water partition coefficient (Wildman–Crippen LogP) is 0.543. The van der Waals surface area contributed by atoms with Crippen LogP contribution in [-0.2, 0) is 0 Å². The van der Waals surface area contributed by atoms with E-state index in [9.17, 15) is 5.11 Å². The van der Waals surface area contributed by atoms with Gasteiger partial charge in [0, 0.05) is 41.3 Å². The van der Waals surface area contributed by atoms with E-state index in [2.05, 4.69) is 9.98 Å². The fraction of sp³-hybridized carbons (Fsp3) is 0.846. The second-order valence-electron chi connectivity index (χ2n) is 5.37. The summed E-state index contributed by atoms with van der Waals surface area (Å²) in [6, 6.07) is 0.129.